The van der Waals surface area contributed by atoms with E-state index in [1.807, 2.05) is 18.3 Å². The summed E-state index contributed by atoms with van der Waals surface area (Å²) in [6.45, 7) is 7.58. The minimum Gasteiger partial charge on any atom is -0.349 e. The van der Waals surface area contributed by atoms with E-state index in [1.54, 1.807) is 0 Å². The second-order valence-corrected chi connectivity index (χ2v) is 8.04. The number of nitrogens with one attached hydrogen (secondary N) is 1. The number of nitrogens with zero attached hydrogens (tertiary/aromatic N) is 3. The van der Waals surface area contributed by atoms with Crippen molar-refractivity contribution in [3.8, 4) is 0 Å². The van der Waals surface area contributed by atoms with Crippen LogP contribution in [0.2, 0.25) is 0 Å². The van der Waals surface area contributed by atoms with Gasteiger partial charge in [0.2, 0.25) is 5.91 Å². The van der Waals surface area contributed by atoms with Gasteiger partial charge < -0.3 is 10.2 Å². The van der Waals surface area contributed by atoms with Gasteiger partial charge in [0.25, 0.3) is 0 Å². The number of likely N-dealkylation sites (tertiary alicyclic amines) is 2. The third-order valence-corrected chi connectivity index (χ3v) is 5.94. The average Bonchev–Trinajstić information content (AvgIpc) is 3.02. The molecule has 2 aliphatic rings. The van der Waals surface area contributed by atoms with Gasteiger partial charge in [0.05, 0.1) is 6.04 Å². The highest BCUT2D eigenvalue weighted by Crippen LogP contribution is 2.28. The first-order valence-corrected chi connectivity index (χ1v) is 9.65. The Hall–Kier alpha value is -1.46. The van der Waals surface area contributed by atoms with Crippen LogP contribution in [0, 0.1) is 0 Å². The molecule has 0 spiro atoms. The van der Waals surface area contributed by atoms with Crippen molar-refractivity contribution >= 4 is 5.91 Å². The van der Waals surface area contributed by atoms with Gasteiger partial charge in [0, 0.05) is 43.0 Å². The van der Waals surface area contributed by atoms with E-state index in [0.29, 0.717) is 6.04 Å². The quantitative estimate of drug-likeness (QED) is 0.888. The first-order chi connectivity index (χ1) is 12.0. The Labute approximate surface area is 151 Å². The molecule has 0 saturated carbocycles. The Bertz CT molecular complexity index is 566. The second kappa shape index (κ2) is 7.83. The van der Waals surface area contributed by atoms with Crippen molar-refractivity contribution in [2.45, 2.75) is 63.6 Å². The second-order valence-electron chi connectivity index (χ2n) is 8.04. The predicted molar refractivity (Wildman–Crippen MR) is 100 cm³/mol. The minimum absolute atomic E-state index is 0.0312. The fourth-order valence-corrected chi connectivity index (χ4v) is 4.25. The van der Waals surface area contributed by atoms with Crippen molar-refractivity contribution in [1.29, 1.82) is 0 Å². The van der Waals surface area contributed by atoms with Gasteiger partial charge in [0.1, 0.15) is 0 Å². The smallest absolute Gasteiger partial charge is 0.237 e. The molecule has 1 amide bonds. The van der Waals surface area contributed by atoms with Crippen LogP contribution < -0.4 is 5.32 Å². The zero-order chi connectivity index (χ0) is 17.9. The molecule has 3 rings (SSSR count). The van der Waals surface area contributed by atoms with Crippen molar-refractivity contribution in [2.75, 3.05) is 26.7 Å². The van der Waals surface area contributed by atoms with E-state index in [1.165, 1.54) is 0 Å². The number of rotatable bonds is 5. The van der Waals surface area contributed by atoms with Crippen molar-refractivity contribution in [2.24, 2.45) is 0 Å². The van der Waals surface area contributed by atoms with Gasteiger partial charge in [0.15, 0.2) is 0 Å². The molecular formula is C20H32N4O. The van der Waals surface area contributed by atoms with Gasteiger partial charge in [-0.05, 0) is 65.3 Å². The molecule has 5 nitrogen and oxygen atoms in total. The van der Waals surface area contributed by atoms with Gasteiger partial charge in [-0.25, -0.2) is 0 Å². The predicted octanol–water partition coefficient (Wildman–Crippen LogP) is 2.08. The van der Waals surface area contributed by atoms with E-state index in [2.05, 4.69) is 47.1 Å². The molecule has 0 radical (unpaired) electrons. The Morgan fingerprint density at radius 1 is 1.32 bits per heavy atom. The first-order valence-electron chi connectivity index (χ1n) is 9.65. The summed E-state index contributed by atoms with van der Waals surface area (Å²) in [6.07, 6.45) is 6.73. The lowest BCUT2D eigenvalue weighted by molar-refractivity contribution is -0.127. The third kappa shape index (κ3) is 4.39. The molecule has 5 heteroatoms. The standard InChI is InChI=1S/C20H32N4O/c1-16(2)24-13-9-20(10-14-24,15-17-7-4-5-11-21-17)22-19(25)18-8-6-12-23(18)3/h4-5,7,11,16,18H,6,8-10,12-15H2,1-3H3,(H,22,25). The zero-order valence-electron chi connectivity index (χ0n) is 15.9. The topological polar surface area (TPSA) is 48.5 Å². The normalized spacial score (nSPS) is 24.6. The van der Waals surface area contributed by atoms with E-state index in [4.69, 9.17) is 0 Å². The molecule has 0 bridgehead atoms. The number of amides is 1. The minimum atomic E-state index is -0.166. The lowest BCUT2D eigenvalue weighted by Gasteiger charge is -2.44. The molecule has 0 aliphatic carbocycles. The maximum Gasteiger partial charge on any atom is 0.237 e. The molecule has 25 heavy (non-hydrogen) atoms. The Morgan fingerprint density at radius 3 is 2.64 bits per heavy atom. The monoisotopic (exact) mass is 344 g/mol. The van der Waals surface area contributed by atoms with E-state index < -0.39 is 0 Å². The molecule has 2 saturated heterocycles. The van der Waals surface area contributed by atoms with Crippen molar-refractivity contribution < 1.29 is 4.79 Å². The summed E-state index contributed by atoms with van der Waals surface area (Å²) in [5, 5.41) is 3.47. The molecule has 1 aromatic heterocycles. The van der Waals surface area contributed by atoms with Crippen molar-refractivity contribution in [1.82, 2.24) is 20.1 Å². The first kappa shape index (κ1) is 18.3. The summed E-state index contributed by atoms with van der Waals surface area (Å²) >= 11 is 0. The summed E-state index contributed by atoms with van der Waals surface area (Å²) in [6, 6.07) is 6.65. The van der Waals surface area contributed by atoms with Crippen LogP contribution in [-0.2, 0) is 11.2 Å². The Morgan fingerprint density at radius 2 is 2.08 bits per heavy atom. The Balaban J connectivity index is 1.74. The van der Waals surface area contributed by atoms with Crippen molar-refractivity contribution in [3.05, 3.63) is 30.1 Å². The highest BCUT2D eigenvalue weighted by molar-refractivity contribution is 5.82. The molecular weight excluding hydrogens is 312 g/mol. The summed E-state index contributed by atoms with van der Waals surface area (Å²) in [7, 11) is 2.06. The number of hydrogen-bond acceptors (Lipinski definition) is 4. The van der Waals surface area contributed by atoms with E-state index >= 15 is 0 Å². The van der Waals surface area contributed by atoms with E-state index in [-0.39, 0.29) is 17.5 Å². The van der Waals surface area contributed by atoms with E-state index in [0.717, 1.165) is 57.4 Å². The Kier molecular flexibility index (Phi) is 5.74. The van der Waals surface area contributed by atoms with Gasteiger partial charge in [-0.1, -0.05) is 6.07 Å². The number of piperidine rings is 1. The molecule has 3 heterocycles. The van der Waals surface area contributed by atoms with Gasteiger partial charge >= 0.3 is 0 Å². The molecule has 0 aromatic carbocycles. The number of hydrogen-bond donors (Lipinski definition) is 1. The van der Waals surface area contributed by atoms with Crippen molar-refractivity contribution in [3.63, 3.8) is 0 Å². The van der Waals surface area contributed by atoms with Crippen LogP contribution in [0.3, 0.4) is 0 Å². The van der Waals surface area contributed by atoms with Crippen LogP contribution in [0.4, 0.5) is 0 Å². The highest BCUT2D eigenvalue weighted by Gasteiger charge is 2.39. The summed E-state index contributed by atoms with van der Waals surface area (Å²) < 4.78 is 0. The van der Waals surface area contributed by atoms with Crippen LogP contribution >= 0.6 is 0 Å². The highest BCUT2D eigenvalue weighted by atomic mass is 16.2. The molecule has 1 atom stereocenters. The van der Waals surface area contributed by atoms with Crippen LogP contribution in [0.15, 0.2) is 24.4 Å². The molecule has 138 valence electrons. The fourth-order valence-electron chi connectivity index (χ4n) is 4.25. The number of likely N-dealkylation sites (N-methyl/N-ethyl adjacent to an activating group) is 1. The summed E-state index contributed by atoms with van der Waals surface area (Å²) in [4.78, 5) is 22.2. The molecule has 1 N–H and O–H groups in total. The fraction of sp³-hybridized carbons (Fsp3) is 0.700. The lowest BCUT2D eigenvalue weighted by Crippen LogP contribution is -2.60. The van der Waals surface area contributed by atoms with Gasteiger partial charge in [-0.3, -0.25) is 14.7 Å². The maximum atomic E-state index is 12.9. The zero-order valence-corrected chi connectivity index (χ0v) is 15.9. The largest absolute Gasteiger partial charge is 0.349 e. The van der Waals surface area contributed by atoms with Gasteiger partial charge in [-0.15, -0.1) is 0 Å². The SMILES string of the molecule is CC(C)N1CCC(Cc2ccccn2)(NC(=O)C2CCCN2C)CC1. The van der Waals surface area contributed by atoms with Crippen LogP contribution in [0.1, 0.15) is 45.2 Å². The van der Waals surface area contributed by atoms with Crippen LogP contribution in [0.25, 0.3) is 0 Å². The lowest BCUT2D eigenvalue weighted by atomic mass is 9.82. The number of aromatic nitrogens is 1. The maximum absolute atomic E-state index is 12.9. The molecule has 1 aromatic rings. The average molecular weight is 345 g/mol. The summed E-state index contributed by atoms with van der Waals surface area (Å²) in [5.41, 5.74) is 0.904. The number of carbonyl (C=O) groups excluding carboxylic acids is 1. The number of pyridine rings is 1. The van der Waals surface area contributed by atoms with Gasteiger partial charge in [-0.2, -0.15) is 0 Å². The summed E-state index contributed by atoms with van der Waals surface area (Å²) in [5.74, 6) is 0.203. The van der Waals surface area contributed by atoms with E-state index in [9.17, 15) is 4.79 Å². The molecule has 2 fully saturated rings. The molecule has 1 unspecified atom stereocenters. The molecule has 2 aliphatic heterocycles. The van der Waals surface area contributed by atoms with Crippen LogP contribution in [-0.4, -0.2) is 65.0 Å². The van der Waals surface area contributed by atoms with Crippen LogP contribution in [0.5, 0.6) is 0 Å². The third-order valence-electron chi connectivity index (χ3n) is 5.94. The number of carbonyl (C=O) groups is 1.